The molecule has 0 spiro atoms. The number of nitrogens with two attached hydrogens (primary N) is 1. The molecule has 0 aliphatic carbocycles. The van der Waals surface area contributed by atoms with Gasteiger partial charge in [0.1, 0.15) is 4.99 Å². The lowest BCUT2D eigenvalue weighted by Crippen LogP contribution is -2.37. The van der Waals surface area contributed by atoms with Crippen molar-refractivity contribution in [1.82, 2.24) is 19.5 Å². The quantitative estimate of drug-likeness (QED) is 0.843. The monoisotopic (exact) mass is 319 g/mol. The first-order chi connectivity index (χ1) is 10.6. The molecule has 2 aromatic heterocycles. The average Bonchev–Trinajstić information content (AvgIpc) is 2.90. The summed E-state index contributed by atoms with van der Waals surface area (Å²) in [6.45, 7) is 8.53. The van der Waals surface area contributed by atoms with Gasteiger partial charge in [-0.15, -0.1) is 0 Å². The van der Waals surface area contributed by atoms with Gasteiger partial charge in [-0.3, -0.25) is 4.90 Å². The molecule has 3 rings (SSSR count). The van der Waals surface area contributed by atoms with Gasteiger partial charge in [-0.2, -0.15) is 5.10 Å². The van der Waals surface area contributed by atoms with Crippen LogP contribution in [0, 0.1) is 13.8 Å². The standard InChI is InChI=1S/C15H21N5OS/c1-10-9-11(2)20-15(13(10)14(16)22)17-12(18-20)3-4-19-5-7-21-8-6-19/h9H,3-8H2,1-2H3,(H2,16,22). The number of pyridine rings is 1. The Labute approximate surface area is 135 Å². The maximum absolute atomic E-state index is 5.86. The highest BCUT2D eigenvalue weighted by atomic mass is 32.1. The third-order valence-corrected chi connectivity index (χ3v) is 4.23. The van der Waals surface area contributed by atoms with Crippen LogP contribution in [0.1, 0.15) is 22.6 Å². The van der Waals surface area contributed by atoms with Crippen LogP contribution in [0.3, 0.4) is 0 Å². The molecule has 1 fully saturated rings. The van der Waals surface area contributed by atoms with Gasteiger partial charge in [0.15, 0.2) is 11.5 Å². The number of aryl methyl sites for hydroxylation is 2. The lowest BCUT2D eigenvalue weighted by Gasteiger charge is -2.25. The molecule has 0 amide bonds. The third kappa shape index (κ3) is 2.97. The zero-order valence-corrected chi connectivity index (χ0v) is 13.8. The fourth-order valence-electron chi connectivity index (χ4n) is 2.88. The number of ether oxygens (including phenoxy) is 1. The molecule has 2 aromatic rings. The Morgan fingerprint density at radius 1 is 1.36 bits per heavy atom. The predicted octanol–water partition coefficient (Wildman–Crippen LogP) is 0.855. The highest BCUT2D eigenvalue weighted by Gasteiger charge is 2.16. The van der Waals surface area contributed by atoms with Crippen molar-refractivity contribution in [3.8, 4) is 0 Å². The Bertz CT molecular complexity index is 706. The second-order valence-corrected chi connectivity index (χ2v) is 6.12. The topological polar surface area (TPSA) is 68.7 Å². The number of hydrogen-bond donors (Lipinski definition) is 1. The van der Waals surface area contributed by atoms with Crippen molar-refractivity contribution in [2.75, 3.05) is 32.8 Å². The van der Waals surface area contributed by atoms with Gasteiger partial charge in [0, 0.05) is 31.7 Å². The van der Waals surface area contributed by atoms with Crippen LogP contribution in [0.2, 0.25) is 0 Å². The molecule has 1 saturated heterocycles. The van der Waals surface area contributed by atoms with Crippen molar-refractivity contribution < 1.29 is 4.74 Å². The Hall–Kier alpha value is -1.57. The molecule has 0 atom stereocenters. The first-order valence-corrected chi connectivity index (χ1v) is 7.93. The molecule has 2 N–H and O–H groups in total. The minimum absolute atomic E-state index is 0.370. The maximum atomic E-state index is 5.86. The molecule has 0 aromatic carbocycles. The minimum atomic E-state index is 0.370. The van der Waals surface area contributed by atoms with Gasteiger partial charge in [-0.25, -0.2) is 9.50 Å². The molecule has 22 heavy (non-hydrogen) atoms. The van der Waals surface area contributed by atoms with Gasteiger partial charge < -0.3 is 10.5 Å². The van der Waals surface area contributed by atoms with Gasteiger partial charge in [0.05, 0.1) is 18.8 Å². The molecular weight excluding hydrogens is 298 g/mol. The molecule has 118 valence electrons. The summed E-state index contributed by atoms with van der Waals surface area (Å²) in [5, 5.41) is 4.61. The molecule has 0 radical (unpaired) electrons. The van der Waals surface area contributed by atoms with Crippen molar-refractivity contribution >= 4 is 22.9 Å². The van der Waals surface area contributed by atoms with Gasteiger partial charge in [-0.1, -0.05) is 12.2 Å². The largest absolute Gasteiger partial charge is 0.389 e. The summed E-state index contributed by atoms with van der Waals surface area (Å²) >= 11 is 5.17. The summed E-state index contributed by atoms with van der Waals surface area (Å²) in [5.74, 6) is 0.831. The molecule has 1 aliphatic heterocycles. The van der Waals surface area contributed by atoms with Gasteiger partial charge in [0.2, 0.25) is 0 Å². The summed E-state index contributed by atoms with van der Waals surface area (Å²) in [7, 11) is 0. The molecule has 6 nitrogen and oxygen atoms in total. The fraction of sp³-hybridized carbons (Fsp3) is 0.533. The molecule has 0 unspecified atom stereocenters. The van der Waals surface area contributed by atoms with E-state index in [1.54, 1.807) is 0 Å². The van der Waals surface area contributed by atoms with Crippen LogP contribution >= 0.6 is 12.2 Å². The highest BCUT2D eigenvalue weighted by Crippen LogP contribution is 2.17. The van der Waals surface area contributed by atoms with E-state index in [2.05, 4.69) is 15.0 Å². The van der Waals surface area contributed by atoms with E-state index in [0.717, 1.165) is 67.6 Å². The second kappa shape index (κ2) is 6.28. The Balaban J connectivity index is 1.87. The van der Waals surface area contributed by atoms with Crippen LogP contribution in [0.4, 0.5) is 0 Å². The Kier molecular flexibility index (Phi) is 4.37. The average molecular weight is 319 g/mol. The van der Waals surface area contributed by atoms with Crippen molar-refractivity contribution in [1.29, 1.82) is 0 Å². The first kappa shape index (κ1) is 15.3. The van der Waals surface area contributed by atoms with E-state index < -0.39 is 0 Å². The Morgan fingerprint density at radius 2 is 2.09 bits per heavy atom. The summed E-state index contributed by atoms with van der Waals surface area (Å²) in [4.78, 5) is 7.41. The minimum Gasteiger partial charge on any atom is -0.389 e. The van der Waals surface area contributed by atoms with E-state index in [1.807, 2.05) is 24.4 Å². The predicted molar refractivity (Wildman–Crippen MR) is 89.3 cm³/mol. The highest BCUT2D eigenvalue weighted by molar-refractivity contribution is 7.80. The molecule has 1 aliphatic rings. The normalized spacial score (nSPS) is 16.3. The van der Waals surface area contributed by atoms with Gasteiger partial charge in [-0.05, 0) is 25.5 Å². The van der Waals surface area contributed by atoms with Crippen LogP contribution in [0.15, 0.2) is 6.07 Å². The first-order valence-electron chi connectivity index (χ1n) is 7.52. The zero-order chi connectivity index (χ0) is 15.7. The molecule has 3 heterocycles. The van der Waals surface area contributed by atoms with Crippen molar-refractivity contribution in [3.63, 3.8) is 0 Å². The van der Waals surface area contributed by atoms with E-state index in [0.29, 0.717) is 4.99 Å². The molecule has 0 saturated carbocycles. The number of morpholine rings is 1. The lowest BCUT2D eigenvalue weighted by molar-refractivity contribution is 0.0382. The number of fused-ring (bicyclic) bond motifs is 1. The second-order valence-electron chi connectivity index (χ2n) is 5.68. The Morgan fingerprint density at radius 3 is 2.77 bits per heavy atom. The van der Waals surface area contributed by atoms with Crippen LogP contribution in [0.5, 0.6) is 0 Å². The van der Waals surface area contributed by atoms with E-state index >= 15 is 0 Å². The smallest absolute Gasteiger partial charge is 0.166 e. The summed E-state index contributed by atoms with van der Waals surface area (Å²) in [6, 6.07) is 2.04. The summed E-state index contributed by atoms with van der Waals surface area (Å²) in [5.41, 5.74) is 9.53. The summed E-state index contributed by atoms with van der Waals surface area (Å²) < 4.78 is 7.21. The lowest BCUT2D eigenvalue weighted by atomic mass is 10.1. The fourth-order valence-corrected chi connectivity index (χ4v) is 3.13. The number of thiocarbonyl (C=S) groups is 1. The van der Waals surface area contributed by atoms with Crippen LogP contribution in [-0.4, -0.2) is 57.3 Å². The summed E-state index contributed by atoms with van der Waals surface area (Å²) in [6.07, 6.45) is 0.816. The van der Waals surface area contributed by atoms with E-state index in [-0.39, 0.29) is 0 Å². The number of nitrogens with zero attached hydrogens (tertiary/aromatic N) is 4. The van der Waals surface area contributed by atoms with E-state index in [1.165, 1.54) is 0 Å². The van der Waals surface area contributed by atoms with E-state index in [9.17, 15) is 0 Å². The zero-order valence-electron chi connectivity index (χ0n) is 13.0. The molecule has 7 heteroatoms. The molecular formula is C15H21N5OS. The maximum Gasteiger partial charge on any atom is 0.166 e. The number of aromatic nitrogens is 3. The van der Waals surface area contributed by atoms with Gasteiger partial charge >= 0.3 is 0 Å². The van der Waals surface area contributed by atoms with E-state index in [4.69, 9.17) is 22.7 Å². The number of rotatable bonds is 4. The third-order valence-electron chi connectivity index (χ3n) is 4.03. The van der Waals surface area contributed by atoms with Crippen molar-refractivity contribution in [3.05, 3.63) is 28.7 Å². The number of hydrogen-bond acceptors (Lipinski definition) is 5. The van der Waals surface area contributed by atoms with Crippen LogP contribution in [0.25, 0.3) is 5.65 Å². The van der Waals surface area contributed by atoms with Crippen molar-refractivity contribution in [2.24, 2.45) is 5.73 Å². The van der Waals surface area contributed by atoms with Crippen LogP contribution in [-0.2, 0) is 11.2 Å². The SMILES string of the molecule is Cc1cc(C)n2nc(CCN3CCOCC3)nc2c1C(N)=S. The van der Waals surface area contributed by atoms with Crippen molar-refractivity contribution in [2.45, 2.75) is 20.3 Å². The van der Waals surface area contributed by atoms with Gasteiger partial charge in [0.25, 0.3) is 0 Å². The van der Waals surface area contributed by atoms with Crippen LogP contribution < -0.4 is 5.73 Å². The molecule has 0 bridgehead atoms.